The number of nitrogens with one attached hydrogen (secondary N) is 1. The van der Waals surface area contributed by atoms with E-state index in [9.17, 15) is 4.79 Å². The molecule has 66 valence electrons. The van der Waals surface area contributed by atoms with E-state index in [0.29, 0.717) is 12.2 Å². The smallest absolute Gasteiger partial charge is 0.141 e. The number of Topliss-reactive ketones (excluding diaryl/α,β-unsaturated/α-hetero) is 1. The minimum Gasteiger partial charge on any atom is -0.385 e. The molecule has 1 rings (SSSR count). The highest BCUT2D eigenvalue weighted by molar-refractivity contribution is 5.82. The summed E-state index contributed by atoms with van der Waals surface area (Å²) in [5, 5.41) is 3.16. The molecule has 0 atom stereocenters. The normalized spacial score (nSPS) is 15.8. The lowest BCUT2D eigenvalue weighted by Gasteiger charge is -2.12. The van der Waals surface area contributed by atoms with Crippen molar-refractivity contribution in [3.05, 3.63) is 23.9 Å². The van der Waals surface area contributed by atoms with Crippen LogP contribution in [0.5, 0.6) is 0 Å². The van der Waals surface area contributed by atoms with Crippen LogP contribution in [0.15, 0.2) is 23.9 Å². The fourth-order valence-corrected chi connectivity index (χ4v) is 1.01. The van der Waals surface area contributed by atoms with Gasteiger partial charge in [0.05, 0.1) is 0 Å². The maximum atomic E-state index is 11.3. The number of hydrogen-bond acceptors (Lipinski definition) is 2. The molecule has 0 aliphatic carbocycles. The van der Waals surface area contributed by atoms with Crippen molar-refractivity contribution in [3.8, 4) is 0 Å². The molecule has 0 unspecified atom stereocenters. The molecule has 0 aromatic rings. The minimum absolute atomic E-state index is 0.138. The fourth-order valence-electron chi connectivity index (χ4n) is 1.01. The van der Waals surface area contributed by atoms with Gasteiger partial charge in [0.25, 0.3) is 0 Å². The third-order valence-corrected chi connectivity index (χ3v) is 1.89. The largest absolute Gasteiger partial charge is 0.385 e. The van der Waals surface area contributed by atoms with Crippen LogP contribution in [-0.4, -0.2) is 12.3 Å². The van der Waals surface area contributed by atoms with Gasteiger partial charge in [0.2, 0.25) is 0 Å². The molecular formula is C10H15NO. The van der Waals surface area contributed by atoms with E-state index in [4.69, 9.17) is 0 Å². The highest BCUT2D eigenvalue weighted by atomic mass is 16.1. The van der Waals surface area contributed by atoms with Gasteiger partial charge in [-0.15, -0.1) is 0 Å². The molecule has 0 spiro atoms. The van der Waals surface area contributed by atoms with E-state index in [0.717, 1.165) is 12.2 Å². The molecule has 0 amide bonds. The van der Waals surface area contributed by atoms with Gasteiger partial charge in [-0.05, 0) is 6.08 Å². The summed E-state index contributed by atoms with van der Waals surface area (Å²) in [6.45, 7) is 4.71. The predicted molar refractivity (Wildman–Crippen MR) is 49.7 cm³/mol. The zero-order chi connectivity index (χ0) is 8.97. The van der Waals surface area contributed by atoms with Crippen LogP contribution >= 0.6 is 0 Å². The third-order valence-electron chi connectivity index (χ3n) is 1.89. The summed E-state index contributed by atoms with van der Waals surface area (Å²) in [7, 11) is 0. The molecule has 2 heteroatoms. The molecule has 0 aromatic carbocycles. The second kappa shape index (κ2) is 4.10. The Labute approximate surface area is 73.4 Å². The first-order chi connectivity index (χ1) is 5.70. The van der Waals surface area contributed by atoms with Gasteiger partial charge in [0, 0.05) is 24.6 Å². The summed E-state index contributed by atoms with van der Waals surface area (Å²) in [4.78, 5) is 11.3. The van der Waals surface area contributed by atoms with Crippen molar-refractivity contribution < 1.29 is 4.79 Å². The van der Waals surface area contributed by atoms with E-state index in [-0.39, 0.29) is 5.92 Å². The third kappa shape index (κ3) is 2.53. The van der Waals surface area contributed by atoms with Gasteiger partial charge in [-0.25, -0.2) is 0 Å². The van der Waals surface area contributed by atoms with Crippen LogP contribution in [0.2, 0.25) is 0 Å². The molecule has 12 heavy (non-hydrogen) atoms. The predicted octanol–water partition coefficient (Wildman–Crippen LogP) is 1.64. The molecule has 0 radical (unpaired) electrons. The first-order valence-corrected chi connectivity index (χ1v) is 4.32. The molecule has 0 aromatic heterocycles. The van der Waals surface area contributed by atoms with Crippen LogP contribution in [0.25, 0.3) is 0 Å². The summed E-state index contributed by atoms with van der Waals surface area (Å²) in [5.41, 5.74) is 1.04. The second-order valence-electron chi connectivity index (χ2n) is 3.30. The van der Waals surface area contributed by atoms with Crippen molar-refractivity contribution in [3.63, 3.8) is 0 Å². The zero-order valence-corrected chi connectivity index (χ0v) is 7.63. The molecule has 1 heterocycles. The van der Waals surface area contributed by atoms with E-state index >= 15 is 0 Å². The lowest BCUT2D eigenvalue weighted by atomic mass is 10.0. The van der Waals surface area contributed by atoms with E-state index in [2.05, 4.69) is 5.32 Å². The van der Waals surface area contributed by atoms with Crippen molar-refractivity contribution in [2.45, 2.75) is 20.3 Å². The Morgan fingerprint density at radius 1 is 1.67 bits per heavy atom. The van der Waals surface area contributed by atoms with Crippen LogP contribution in [0.4, 0.5) is 0 Å². The van der Waals surface area contributed by atoms with Gasteiger partial charge >= 0.3 is 0 Å². The number of rotatable bonds is 3. The Bertz CT molecular complexity index is 226. The number of ketones is 1. The number of allylic oxidation sites excluding steroid dienone is 3. The van der Waals surface area contributed by atoms with Gasteiger partial charge in [-0.1, -0.05) is 26.0 Å². The highest BCUT2D eigenvalue weighted by Crippen LogP contribution is 2.07. The molecule has 0 fully saturated rings. The Morgan fingerprint density at radius 3 is 2.92 bits per heavy atom. The molecule has 0 saturated heterocycles. The summed E-state index contributed by atoms with van der Waals surface area (Å²) in [6.07, 6.45) is 6.52. The van der Waals surface area contributed by atoms with Crippen LogP contribution in [0, 0.1) is 5.92 Å². The van der Waals surface area contributed by atoms with Gasteiger partial charge in [0.15, 0.2) is 0 Å². The minimum atomic E-state index is 0.138. The Morgan fingerprint density at radius 2 is 2.42 bits per heavy atom. The summed E-state index contributed by atoms with van der Waals surface area (Å²) in [6, 6.07) is 0. The van der Waals surface area contributed by atoms with Gasteiger partial charge in [0.1, 0.15) is 5.78 Å². The first kappa shape index (κ1) is 9.04. The SMILES string of the molecule is CC(C)C(=O)CC1=CC=CCN1. The molecule has 1 aliphatic rings. The summed E-state index contributed by atoms with van der Waals surface area (Å²) in [5.74, 6) is 0.433. The van der Waals surface area contributed by atoms with E-state index in [1.165, 1.54) is 0 Å². The average Bonchev–Trinajstić information content (AvgIpc) is 2.06. The number of carbonyl (C=O) groups is 1. The van der Waals surface area contributed by atoms with Crippen molar-refractivity contribution >= 4 is 5.78 Å². The summed E-state index contributed by atoms with van der Waals surface area (Å²) >= 11 is 0. The molecule has 2 nitrogen and oxygen atoms in total. The van der Waals surface area contributed by atoms with E-state index in [1.807, 2.05) is 32.1 Å². The van der Waals surface area contributed by atoms with Gasteiger partial charge in [-0.2, -0.15) is 0 Å². The Balaban J connectivity index is 2.45. The molecule has 1 N–H and O–H groups in total. The molecule has 1 aliphatic heterocycles. The van der Waals surface area contributed by atoms with Gasteiger partial charge in [-0.3, -0.25) is 4.79 Å². The van der Waals surface area contributed by atoms with Crippen molar-refractivity contribution in [1.29, 1.82) is 0 Å². The fraction of sp³-hybridized carbons (Fsp3) is 0.500. The van der Waals surface area contributed by atoms with Crippen LogP contribution in [-0.2, 0) is 4.79 Å². The van der Waals surface area contributed by atoms with Crippen LogP contribution < -0.4 is 5.32 Å². The Kier molecular flexibility index (Phi) is 3.09. The quantitative estimate of drug-likeness (QED) is 0.689. The Hall–Kier alpha value is -1.05. The lowest BCUT2D eigenvalue weighted by molar-refractivity contribution is -0.121. The second-order valence-corrected chi connectivity index (χ2v) is 3.30. The van der Waals surface area contributed by atoms with E-state index in [1.54, 1.807) is 0 Å². The van der Waals surface area contributed by atoms with Crippen molar-refractivity contribution in [1.82, 2.24) is 5.32 Å². The zero-order valence-electron chi connectivity index (χ0n) is 7.63. The topological polar surface area (TPSA) is 29.1 Å². The van der Waals surface area contributed by atoms with Crippen LogP contribution in [0.1, 0.15) is 20.3 Å². The van der Waals surface area contributed by atoms with Crippen molar-refractivity contribution in [2.24, 2.45) is 5.92 Å². The first-order valence-electron chi connectivity index (χ1n) is 4.32. The lowest BCUT2D eigenvalue weighted by Crippen LogP contribution is -2.20. The van der Waals surface area contributed by atoms with E-state index < -0.39 is 0 Å². The number of dihydropyridines is 1. The standard InChI is InChI=1S/C10H15NO/c1-8(2)10(12)7-9-5-3-4-6-11-9/h3-5,8,11H,6-7H2,1-2H3. The van der Waals surface area contributed by atoms with Crippen LogP contribution in [0.3, 0.4) is 0 Å². The monoisotopic (exact) mass is 165 g/mol. The molecular weight excluding hydrogens is 150 g/mol. The number of carbonyl (C=O) groups excluding carboxylic acids is 1. The highest BCUT2D eigenvalue weighted by Gasteiger charge is 2.09. The maximum Gasteiger partial charge on any atom is 0.141 e. The average molecular weight is 165 g/mol. The molecule has 0 saturated carbocycles. The molecule has 0 bridgehead atoms. The number of hydrogen-bond donors (Lipinski definition) is 1. The van der Waals surface area contributed by atoms with Crippen molar-refractivity contribution in [2.75, 3.05) is 6.54 Å². The van der Waals surface area contributed by atoms with Gasteiger partial charge < -0.3 is 5.32 Å². The maximum absolute atomic E-state index is 11.3. The summed E-state index contributed by atoms with van der Waals surface area (Å²) < 4.78 is 0.